The topological polar surface area (TPSA) is 73.6 Å². The summed E-state index contributed by atoms with van der Waals surface area (Å²) in [6.07, 6.45) is 5.17. The number of carbonyl (C=O) groups is 1. The average Bonchev–Trinajstić information content (AvgIpc) is 2.79. The molecule has 0 saturated heterocycles. The molecule has 1 aliphatic heterocycles. The van der Waals surface area contributed by atoms with E-state index >= 15 is 0 Å². The smallest absolute Gasteiger partial charge is 0.231 e. The van der Waals surface area contributed by atoms with E-state index in [-0.39, 0.29) is 24.7 Å². The molecule has 0 radical (unpaired) electrons. The van der Waals surface area contributed by atoms with Crippen molar-refractivity contribution in [3.8, 4) is 11.5 Å². The van der Waals surface area contributed by atoms with Crippen molar-refractivity contribution in [1.29, 1.82) is 0 Å². The number of nitrogens with one attached hydrogen (secondary N) is 1. The van der Waals surface area contributed by atoms with Gasteiger partial charge in [0.2, 0.25) is 12.7 Å². The molecule has 20 heavy (non-hydrogen) atoms. The van der Waals surface area contributed by atoms with Crippen LogP contribution in [0.25, 0.3) is 0 Å². The third kappa shape index (κ3) is 2.72. The first kappa shape index (κ1) is 13.2. The van der Waals surface area contributed by atoms with Crippen LogP contribution in [0.4, 0.5) is 5.69 Å². The number of anilines is 1. The van der Waals surface area contributed by atoms with Crippen LogP contribution < -0.4 is 20.5 Å². The van der Waals surface area contributed by atoms with Gasteiger partial charge in [-0.2, -0.15) is 0 Å². The van der Waals surface area contributed by atoms with Gasteiger partial charge in [-0.15, -0.1) is 0 Å². The van der Waals surface area contributed by atoms with E-state index in [1.807, 2.05) is 12.1 Å². The van der Waals surface area contributed by atoms with Gasteiger partial charge in [-0.3, -0.25) is 4.79 Å². The fraction of sp³-hybridized carbons (Fsp3) is 0.533. The predicted molar refractivity (Wildman–Crippen MR) is 75.7 cm³/mol. The molecule has 5 heteroatoms. The van der Waals surface area contributed by atoms with Crippen LogP contribution in [0.15, 0.2) is 18.2 Å². The van der Waals surface area contributed by atoms with Gasteiger partial charge in [0.25, 0.3) is 0 Å². The zero-order valence-electron chi connectivity index (χ0n) is 11.4. The maximum atomic E-state index is 12.4. The van der Waals surface area contributed by atoms with Crippen LogP contribution in [0.3, 0.4) is 0 Å². The third-order valence-electron chi connectivity index (χ3n) is 4.05. The zero-order valence-corrected chi connectivity index (χ0v) is 11.4. The van der Waals surface area contributed by atoms with E-state index in [1.54, 1.807) is 6.07 Å². The molecule has 1 fully saturated rings. The van der Waals surface area contributed by atoms with Crippen molar-refractivity contribution >= 4 is 11.6 Å². The first-order chi connectivity index (χ1) is 9.74. The summed E-state index contributed by atoms with van der Waals surface area (Å²) in [5.41, 5.74) is 6.85. The number of benzene rings is 1. The van der Waals surface area contributed by atoms with Crippen LogP contribution in [0.2, 0.25) is 0 Å². The van der Waals surface area contributed by atoms with Crippen LogP contribution in [0.5, 0.6) is 11.5 Å². The van der Waals surface area contributed by atoms with Crippen molar-refractivity contribution in [2.45, 2.75) is 38.1 Å². The molecule has 1 aromatic rings. The molecule has 1 amide bonds. The van der Waals surface area contributed by atoms with E-state index in [9.17, 15) is 4.79 Å². The van der Waals surface area contributed by atoms with Crippen molar-refractivity contribution < 1.29 is 14.3 Å². The number of fused-ring (bicyclic) bond motifs is 1. The minimum absolute atomic E-state index is 0.0123. The number of carbonyl (C=O) groups excluding carboxylic acids is 1. The van der Waals surface area contributed by atoms with Gasteiger partial charge < -0.3 is 20.5 Å². The summed E-state index contributed by atoms with van der Waals surface area (Å²) < 4.78 is 10.6. The Balaban J connectivity index is 1.68. The fourth-order valence-electron chi connectivity index (χ4n) is 2.87. The number of rotatable bonds is 2. The van der Waals surface area contributed by atoms with Crippen LogP contribution >= 0.6 is 0 Å². The SMILES string of the molecule is NC1CCCCCC1C(=O)Nc1ccc2c(c1)OCO2. The van der Waals surface area contributed by atoms with Gasteiger partial charge >= 0.3 is 0 Å². The number of amides is 1. The van der Waals surface area contributed by atoms with Crippen molar-refractivity contribution in [1.82, 2.24) is 0 Å². The monoisotopic (exact) mass is 276 g/mol. The van der Waals surface area contributed by atoms with Gasteiger partial charge in [-0.05, 0) is 25.0 Å². The second-order valence-electron chi connectivity index (χ2n) is 5.47. The molecule has 3 rings (SSSR count). The van der Waals surface area contributed by atoms with Crippen molar-refractivity contribution in [3.05, 3.63) is 18.2 Å². The molecule has 0 bridgehead atoms. The van der Waals surface area contributed by atoms with Crippen LogP contribution in [0.1, 0.15) is 32.1 Å². The van der Waals surface area contributed by atoms with Crippen molar-refractivity contribution in [2.24, 2.45) is 11.7 Å². The largest absolute Gasteiger partial charge is 0.454 e. The Morgan fingerprint density at radius 1 is 1.15 bits per heavy atom. The summed E-state index contributed by atoms with van der Waals surface area (Å²) in [5.74, 6) is 1.31. The molecule has 0 aromatic heterocycles. The quantitative estimate of drug-likeness (QED) is 0.813. The maximum Gasteiger partial charge on any atom is 0.231 e. The molecule has 1 aromatic carbocycles. The van der Waals surface area contributed by atoms with Crippen molar-refractivity contribution in [3.63, 3.8) is 0 Å². The van der Waals surface area contributed by atoms with E-state index in [4.69, 9.17) is 15.2 Å². The molecule has 0 spiro atoms. The van der Waals surface area contributed by atoms with Crippen LogP contribution in [-0.4, -0.2) is 18.7 Å². The predicted octanol–water partition coefficient (Wildman–Crippen LogP) is 2.26. The molecular weight excluding hydrogens is 256 g/mol. The van der Waals surface area contributed by atoms with Gasteiger partial charge in [0.05, 0.1) is 5.92 Å². The molecule has 1 aliphatic carbocycles. The number of hydrogen-bond donors (Lipinski definition) is 2. The highest BCUT2D eigenvalue weighted by atomic mass is 16.7. The highest BCUT2D eigenvalue weighted by Gasteiger charge is 2.27. The standard InChI is InChI=1S/C15H20N2O3/c16-12-5-3-1-2-4-11(12)15(18)17-10-6-7-13-14(8-10)20-9-19-13/h6-8,11-12H,1-5,9,16H2,(H,17,18). The molecule has 2 aliphatic rings. The normalized spacial score (nSPS) is 25.1. The Hall–Kier alpha value is -1.75. The van der Waals surface area contributed by atoms with E-state index in [1.165, 1.54) is 6.42 Å². The molecule has 2 unspecified atom stereocenters. The summed E-state index contributed by atoms with van der Waals surface area (Å²) in [6, 6.07) is 5.40. The Kier molecular flexibility index (Phi) is 3.78. The molecule has 3 N–H and O–H groups in total. The van der Waals surface area contributed by atoms with Crippen LogP contribution in [-0.2, 0) is 4.79 Å². The Morgan fingerprint density at radius 3 is 2.85 bits per heavy atom. The lowest BCUT2D eigenvalue weighted by Crippen LogP contribution is -2.37. The highest BCUT2D eigenvalue weighted by Crippen LogP contribution is 2.34. The molecular formula is C15H20N2O3. The summed E-state index contributed by atoms with van der Waals surface area (Å²) in [6.45, 7) is 0.236. The number of hydrogen-bond acceptors (Lipinski definition) is 4. The molecule has 1 heterocycles. The second kappa shape index (κ2) is 5.71. The highest BCUT2D eigenvalue weighted by molar-refractivity contribution is 5.93. The van der Waals surface area contributed by atoms with E-state index < -0.39 is 0 Å². The van der Waals surface area contributed by atoms with E-state index in [0.717, 1.165) is 31.4 Å². The average molecular weight is 276 g/mol. The van der Waals surface area contributed by atoms with Crippen LogP contribution in [0, 0.1) is 5.92 Å². The minimum Gasteiger partial charge on any atom is -0.454 e. The Morgan fingerprint density at radius 2 is 1.95 bits per heavy atom. The molecule has 108 valence electrons. The zero-order chi connectivity index (χ0) is 13.9. The lowest BCUT2D eigenvalue weighted by molar-refractivity contribution is -0.120. The van der Waals surface area contributed by atoms with Gasteiger partial charge in [-0.25, -0.2) is 0 Å². The first-order valence-electron chi connectivity index (χ1n) is 7.20. The van der Waals surface area contributed by atoms with Gasteiger partial charge in [0, 0.05) is 17.8 Å². The first-order valence-corrected chi connectivity index (χ1v) is 7.20. The van der Waals surface area contributed by atoms with E-state index in [0.29, 0.717) is 11.5 Å². The second-order valence-corrected chi connectivity index (χ2v) is 5.47. The molecule has 1 saturated carbocycles. The number of ether oxygens (including phenoxy) is 2. The third-order valence-corrected chi connectivity index (χ3v) is 4.05. The van der Waals surface area contributed by atoms with E-state index in [2.05, 4.69) is 5.32 Å². The summed E-state index contributed by atoms with van der Waals surface area (Å²) in [5, 5.41) is 2.95. The van der Waals surface area contributed by atoms with Crippen molar-refractivity contribution in [2.75, 3.05) is 12.1 Å². The van der Waals surface area contributed by atoms with Gasteiger partial charge in [0.1, 0.15) is 0 Å². The maximum absolute atomic E-state index is 12.4. The lowest BCUT2D eigenvalue weighted by atomic mass is 9.94. The lowest BCUT2D eigenvalue weighted by Gasteiger charge is -2.20. The Labute approximate surface area is 118 Å². The summed E-state index contributed by atoms with van der Waals surface area (Å²) >= 11 is 0. The number of nitrogens with two attached hydrogens (primary N) is 1. The minimum atomic E-state index is -0.0945. The molecule has 2 atom stereocenters. The molecule has 5 nitrogen and oxygen atoms in total. The fourth-order valence-corrected chi connectivity index (χ4v) is 2.87. The van der Waals surface area contributed by atoms with Gasteiger partial charge in [0.15, 0.2) is 11.5 Å². The summed E-state index contributed by atoms with van der Waals surface area (Å²) in [4.78, 5) is 12.4. The Bertz CT molecular complexity index is 504. The summed E-state index contributed by atoms with van der Waals surface area (Å²) in [7, 11) is 0. The van der Waals surface area contributed by atoms with Gasteiger partial charge in [-0.1, -0.05) is 19.3 Å².